The molecule has 32 heavy (non-hydrogen) atoms. The predicted molar refractivity (Wildman–Crippen MR) is 123 cm³/mol. The van der Waals surface area contributed by atoms with Gasteiger partial charge in [0.05, 0.1) is 17.8 Å². The SMILES string of the molecule is O=C(Nc1ccccc1)c1ccc(CN2C(=O)[C@@H]3CCCN3C(=O)c3ccccc32)cc1. The van der Waals surface area contributed by atoms with Crippen molar-refractivity contribution in [1.29, 1.82) is 0 Å². The average Bonchev–Trinajstić information content (AvgIpc) is 3.30. The topological polar surface area (TPSA) is 69.7 Å². The largest absolute Gasteiger partial charge is 0.327 e. The minimum atomic E-state index is -0.411. The molecule has 2 aliphatic rings. The first-order valence-electron chi connectivity index (χ1n) is 10.8. The number of nitrogens with zero attached hydrogens (tertiary/aromatic N) is 2. The van der Waals surface area contributed by atoms with E-state index in [1.165, 1.54) is 0 Å². The van der Waals surface area contributed by atoms with Crippen LogP contribution >= 0.6 is 0 Å². The van der Waals surface area contributed by atoms with Gasteiger partial charge in [-0.25, -0.2) is 0 Å². The summed E-state index contributed by atoms with van der Waals surface area (Å²) in [7, 11) is 0. The van der Waals surface area contributed by atoms with Crippen molar-refractivity contribution in [1.82, 2.24) is 4.90 Å². The third-order valence-electron chi connectivity index (χ3n) is 6.08. The monoisotopic (exact) mass is 425 g/mol. The van der Waals surface area contributed by atoms with Crippen molar-refractivity contribution in [2.24, 2.45) is 0 Å². The first-order valence-corrected chi connectivity index (χ1v) is 10.8. The summed E-state index contributed by atoms with van der Waals surface area (Å²) in [4.78, 5) is 42.4. The van der Waals surface area contributed by atoms with Crippen molar-refractivity contribution in [3.05, 3.63) is 95.6 Å². The molecule has 1 atom stereocenters. The van der Waals surface area contributed by atoms with Gasteiger partial charge >= 0.3 is 0 Å². The Morgan fingerprint density at radius 3 is 2.41 bits per heavy atom. The molecule has 0 bridgehead atoms. The summed E-state index contributed by atoms with van der Waals surface area (Å²) in [6, 6.07) is 23.4. The van der Waals surface area contributed by atoms with Crippen LogP contribution in [0.4, 0.5) is 11.4 Å². The number of nitrogens with one attached hydrogen (secondary N) is 1. The molecule has 1 N–H and O–H groups in total. The Hall–Kier alpha value is -3.93. The van der Waals surface area contributed by atoms with Crippen LogP contribution < -0.4 is 10.2 Å². The van der Waals surface area contributed by atoms with Crippen LogP contribution in [0.15, 0.2) is 78.9 Å². The molecule has 0 aromatic heterocycles. The summed E-state index contributed by atoms with van der Waals surface area (Å²) in [5.74, 6) is -0.315. The summed E-state index contributed by atoms with van der Waals surface area (Å²) >= 11 is 0. The van der Waals surface area contributed by atoms with Gasteiger partial charge in [0.15, 0.2) is 0 Å². The Balaban J connectivity index is 1.39. The molecule has 3 aromatic carbocycles. The molecule has 6 nitrogen and oxygen atoms in total. The van der Waals surface area contributed by atoms with Gasteiger partial charge < -0.3 is 15.1 Å². The van der Waals surface area contributed by atoms with E-state index >= 15 is 0 Å². The second-order valence-corrected chi connectivity index (χ2v) is 8.12. The third kappa shape index (κ3) is 3.64. The highest BCUT2D eigenvalue weighted by Gasteiger charge is 2.41. The predicted octanol–water partition coefficient (Wildman–Crippen LogP) is 4.09. The second-order valence-electron chi connectivity index (χ2n) is 8.12. The number of amides is 3. The van der Waals surface area contributed by atoms with E-state index in [1.807, 2.05) is 60.7 Å². The number of carbonyl (C=O) groups excluding carboxylic acids is 3. The number of rotatable bonds is 4. The molecular weight excluding hydrogens is 402 g/mol. The Morgan fingerprint density at radius 2 is 1.62 bits per heavy atom. The van der Waals surface area contributed by atoms with E-state index in [4.69, 9.17) is 0 Å². The van der Waals surface area contributed by atoms with E-state index in [1.54, 1.807) is 28.0 Å². The molecule has 1 saturated heterocycles. The van der Waals surface area contributed by atoms with Gasteiger partial charge in [-0.15, -0.1) is 0 Å². The highest BCUT2D eigenvalue weighted by Crippen LogP contribution is 2.33. The highest BCUT2D eigenvalue weighted by atomic mass is 16.2. The minimum Gasteiger partial charge on any atom is -0.327 e. The fourth-order valence-electron chi connectivity index (χ4n) is 4.44. The van der Waals surface area contributed by atoms with Gasteiger partial charge in [0.1, 0.15) is 6.04 Å². The molecule has 3 amide bonds. The molecule has 0 aliphatic carbocycles. The highest BCUT2D eigenvalue weighted by molar-refractivity contribution is 6.11. The van der Waals surface area contributed by atoms with E-state index in [2.05, 4.69) is 5.32 Å². The van der Waals surface area contributed by atoms with Crippen LogP contribution in [0.2, 0.25) is 0 Å². The number of hydrogen-bond acceptors (Lipinski definition) is 3. The molecule has 0 unspecified atom stereocenters. The molecule has 3 aromatic rings. The van der Waals surface area contributed by atoms with Crippen LogP contribution in [-0.4, -0.2) is 35.2 Å². The Morgan fingerprint density at radius 1 is 0.906 bits per heavy atom. The zero-order valence-electron chi connectivity index (χ0n) is 17.5. The standard InChI is InChI=1S/C26H23N3O3/c30-24(27-20-7-2-1-3-8-20)19-14-12-18(13-15-19)17-29-22-10-5-4-9-21(22)25(31)28-16-6-11-23(28)26(29)32/h1-5,7-10,12-15,23H,6,11,16-17H2,(H,27,30)/t23-/m0/s1. The lowest BCUT2D eigenvalue weighted by molar-refractivity contribution is -0.122. The van der Waals surface area contributed by atoms with E-state index < -0.39 is 6.04 Å². The Bertz CT molecular complexity index is 1170. The number of anilines is 2. The van der Waals surface area contributed by atoms with Gasteiger partial charge in [-0.3, -0.25) is 14.4 Å². The molecule has 0 saturated carbocycles. The van der Waals surface area contributed by atoms with Crippen LogP contribution in [0.5, 0.6) is 0 Å². The quantitative estimate of drug-likeness (QED) is 0.685. The lowest BCUT2D eigenvalue weighted by atomic mass is 10.1. The van der Waals surface area contributed by atoms with Crippen molar-refractivity contribution in [2.75, 3.05) is 16.8 Å². The van der Waals surface area contributed by atoms with Gasteiger partial charge in [0.2, 0.25) is 5.91 Å². The Labute approximate surface area is 186 Å². The Kier molecular flexibility index (Phi) is 5.19. The fraction of sp³-hybridized carbons (Fsp3) is 0.192. The minimum absolute atomic E-state index is 0.0494. The first kappa shape index (κ1) is 20.0. The van der Waals surface area contributed by atoms with Crippen LogP contribution in [-0.2, 0) is 11.3 Å². The van der Waals surface area contributed by atoms with Gasteiger partial charge in [-0.2, -0.15) is 0 Å². The van der Waals surface area contributed by atoms with Crippen molar-refractivity contribution in [3.8, 4) is 0 Å². The molecule has 0 spiro atoms. The van der Waals surface area contributed by atoms with Crippen molar-refractivity contribution < 1.29 is 14.4 Å². The summed E-state index contributed by atoms with van der Waals surface area (Å²) < 4.78 is 0. The van der Waals surface area contributed by atoms with Gasteiger partial charge in [0, 0.05) is 17.8 Å². The van der Waals surface area contributed by atoms with E-state index in [0.29, 0.717) is 36.3 Å². The van der Waals surface area contributed by atoms with Crippen molar-refractivity contribution in [3.63, 3.8) is 0 Å². The van der Waals surface area contributed by atoms with Crippen LogP contribution in [0.3, 0.4) is 0 Å². The molecule has 160 valence electrons. The molecule has 1 fully saturated rings. The maximum absolute atomic E-state index is 13.4. The van der Waals surface area contributed by atoms with Gasteiger partial charge in [-0.05, 0) is 54.8 Å². The molecule has 2 aliphatic heterocycles. The summed E-state index contributed by atoms with van der Waals surface area (Å²) in [6.45, 7) is 0.955. The van der Waals surface area contributed by atoms with E-state index in [0.717, 1.165) is 17.7 Å². The van der Waals surface area contributed by atoms with Gasteiger partial charge in [0.25, 0.3) is 11.8 Å². The van der Waals surface area contributed by atoms with Crippen molar-refractivity contribution >= 4 is 29.1 Å². The maximum atomic E-state index is 13.4. The second kappa shape index (κ2) is 8.30. The zero-order chi connectivity index (χ0) is 22.1. The number of benzene rings is 3. The van der Waals surface area contributed by atoms with Crippen molar-refractivity contribution in [2.45, 2.75) is 25.4 Å². The third-order valence-corrected chi connectivity index (χ3v) is 6.08. The lowest BCUT2D eigenvalue weighted by Gasteiger charge is -2.26. The number of para-hydroxylation sites is 2. The van der Waals surface area contributed by atoms with Crippen LogP contribution in [0.1, 0.15) is 39.1 Å². The number of fused-ring (bicyclic) bond motifs is 2. The molecular formula is C26H23N3O3. The summed E-state index contributed by atoms with van der Waals surface area (Å²) in [5, 5.41) is 2.87. The van der Waals surface area contributed by atoms with Crippen LogP contribution in [0, 0.1) is 0 Å². The molecule has 6 heteroatoms. The lowest BCUT2D eigenvalue weighted by Crippen LogP contribution is -2.44. The van der Waals surface area contributed by atoms with E-state index in [9.17, 15) is 14.4 Å². The molecule has 0 radical (unpaired) electrons. The first-order chi connectivity index (χ1) is 15.6. The number of hydrogen-bond donors (Lipinski definition) is 1. The number of carbonyl (C=O) groups is 3. The molecule has 5 rings (SSSR count). The summed E-state index contributed by atoms with van der Waals surface area (Å²) in [5.41, 5.74) is 3.37. The fourth-order valence-corrected chi connectivity index (χ4v) is 4.44. The smallest absolute Gasteiger partial charge is 0.256 e. The zero-order valence-corrected chi connectivity index (χ0v) is 17.5. The average molecular weight is 425 g/mol. The normalized spacial score (nSPS) is 17.6. The van der Waals surface area contributed by atoms with Gasteiger partial charge in [-0.1, -0.05) is 42.5 Å². The van der Waals surface area contributed by atoms with E-state index in [-0.39, 0.29) is 17.7 Å². The molecule has 2 heterocycles. The van der Waals surface area contributed by atoms with Crippen LogP contribution in [0.25, 0.3) is 0 Å². The maximum Gasteiger partial charge on any atom is 0.256 e. The summed E-state index contributed by atoms with van der Waals surface area (Å²) in [6.07, 6.45) is 1.52.